The first-order chi connectivity index (χ1) is 12.7. The van der Waals surface area contributed by atoms with Crippen molar-refractivity contribution in [2.75, 3.05) is 26.2 Å². The molecular weight excluding hydrogens is 347 g/mol. The van der Waals surface area contributed by atoms with Gasteiger partial charge in [-0.3, -0.25) is 9.69 Å². The number of nitrogens with zero attached hydrogens (tertiary/aromatic N) is 2. The van der Waals surface area contributed by atoms with Gasteiger partial charge in [-0.2, -0.15) is 0 Å². The summed E-state index contributed by atoms with van der Waals surface area (Å²) in [6.45, 7) is 3.82. The van der Waals surface area contributed by atoms with Crippen molar-refractivity contribution in [2.24, 2.45) is 0 Å². The van der Waals surface area contributed by atoms with E-state index >= 15 is 0 Å². The minimum absolute atomic E-state index is 0.145. The molecule has 0 N–H and O–H groups in total. The number of carbonyl (C=O) groups is 1. The van der Waals surface area contributed by atoms with Crippen LogP contribution < -0.4 is 0 Å². The summed E-state index contributed by atoms with van der Waals surface area (Å²) in [5.74, 6) is 0.0333. The number of benzene rings is 1. The molecule has 0 atom stereocenters. The van der Waals surface area contributed by atoms with Crippen molar-refractivity contribution in [1.29, 1.82) is 0 Å². The average molecular weight is 373 g/mol. The molecule has 26 heavy (non-hydrogen) atoms. The Bertz CT molecular complexity index is 765. The lowest BCUT2D eigenvalue weighted by molar-refractivity contribution is 0.0766. The molecule has 1 amide bonds. The molecule has 2 heterocycles. The number of rotatable bonds is 3. The van der Waals surface area contributed by atoms with E-state index in [0.29, 0.717) is 6.54 Å². The number of amides is 1. The summed E-state index contributed by atoms with van der Waals surface area (Å²) in [5.41, 5.74) is 2.12. The minimum Gasteiger partial charge on any atom is -0.337 e. The molecule has 1 aromatic heterocycles. The van der Waals surface area contributed by atoms with Crippen LogP contribution in [-0.4, -0.2) is 41.9 Å². The fourth-order valence-electron chi connectivity index (χ4n) is 3.95. The van der Waals surface area contributed by atoms with Crippen LogP contribution in [0.2, 0.25) is 0 Å². The normalized spacial score (nSPS) is 18.4. The second-order valence-corrected chi connectivity index (χ2v) is 8.42. The van der Waals surface area contributed by atoms with Crippen LogP contribution >= 0.6 is 11.3 Å². The largest absolute Gasteiger partial charge is 0.337 e. The Morgan fingerprint density at radius 3 is 2.73 bits per heavy atom. The van der Waals surface area contributed by atoms with Crippen molar-refractivity contribution in [1.82, 2.24) is 9.80 Å². The highest BCUT2D eigenvalue weighted by Gasteiger charge is 2.24. The summed E-state index contributed by atoms with van der Waals surface area (Å²) in [5, 5.41) is 0. The van der Waals surface area contributed by atoms with Crippen LogP contribution in [-0.2, 0) is 19.4 Å². The number of fused-ring (bicyclic) bond motifs is 1. The Morgan fingerprint density at radius 2 is 1.88 bits per heavy atom. The van der Waals surface area contributed by atoms with E-state index in [0.717, 1.165) is 55.9 Å². The van der Waals surface area contributed by atoms with Gasteiger partial charge in [0.2, 0.25) is 0 Å². The van der Waals surface area contributed by atoms with Crippen LogP contribution in [0.4, 0.5) is 4.39 Å². The van der Waals surface area contributed by atoms with Crippen molar-refractivity contribution in [3.8, 4) is 0 Å². The Morgan fingerprint density at radius 1 is 1.04 bits per heavy atom. The van der Waals surface area contributed by atoms with Gasteiger partial charge in [-0.1, -0.05) is 18.2 Å². The lowest BCUT2D eigenvalue weighted by Crippen LogP contribution is -2.34. The van der Waals surface area contributed by atoms with E-state index in [2.05, 4.69) is 11.0 Å². The van der Waals surface area contributed by atoms with Gasteiger partial charge in [-0.05, 0) is 49.8 Å². The second-order valence-electron chi connectivity index (χ2n) is 7.28. The fourth-order valence-corrected chi connectivity index (χ4v) is 5.17. The molecule has 2 aliphatic rings. The molecule has 0 spiro atoms. The summed E-state index contributed by atoms with van der Waals surface area (Å²) in [4.78, 5) is 19.5. The molecular formula is C21H25FN2OS. The van der Waals surface area contributed by atoms with Gasteiger partial charge in [0.05, 0.1) is 4.88 Å². The third-order valence-electron chi connectivity index (χ3n) is 5.43. The summed E-state index contributed by atoms with van der Waals surface area (Å²) in [7, 11) is 0. The van der Waals surface area contributed by atoms with Gasteiger partial charge in [-0.15, -0.1) is 11.3 Å². The van der Waals surface area contributed by atoms with Crippen LogP contribution in [0.25, 0.3) is 0 Å². The van der Waals surface area contributed by atoms with Crippen molar-refractivity contribution < 1.29 is 9.18 Å². The van der Waals surface area contributed by atoms with Crippen molar-refractivity contribution in [3.05, 3.63) is 57.0 Å². The van der Waals surface area contributed by atoms with E-state index in [-0.39, 0.29) is 11.7 Å². The zero-order chi connectivity index (χ0) is 17.9. The highest BCUT2D eigenvalue weighted by Crippen LogP contribution is 2.30. The van der Waals surface area contributed by atoms with Crippen LogP contribution in [0.5, 0.6) is 0 Å². The molecule has 0 unspecified atom stereocenters. The molecule has 1 fully saturated rings. The SMILES string of the molecule is O=C(c1cc2c(s1)CCCC2)N1CCCN(Cc2ccccc2F)CC1. The highest BCUT2D eigenvalue weighted by molar-refractivity contribution is 7.14. The van der Waals surface area contributed by atoms with Gasteiger partial charge in [-0.25, -0.2) is 4.39 Å². The second kappa shape index (κ2) is 7.89. The summed E-state index contributed by atoms with van der Waals surface area (Å²) >= 11 is 1.69. The molecule has 5 heteroatoms. The van der Waals surface area contributed by atoms with Gasteiger partial charge in [0, 0.05) is 43.2 Å². The first-order valence-corrected chi connectivity index (χ1v) is 10.4. The van der Waals surface area contributed by atoms with Crippen molar-refractivity contribution in [3.63, 3.8) is 0 Å². The molecule has 1 aromatic carbocycles. The van der Waals surface area contributed by atoms with Crippen LogP contribution in [0, 0.1) is 5.82 Å². The molecule has 138 valence electrons. The summed E-state index contributed by atoms with van der Waals surface area (Å²) < 4.78 is 13.9. The topological polar surface area (TPSA) is 23.6 Å². The predicted molar refractivity (Wildman–Crippen MR) is 103 cm³/mol. The zero-order valence-electron chi connectivity index (χ0n) is 15.0. The Kier molecular flexibility index (Phi) is 5.36. The van der Waals surface area contributed by atoms with E-state index in [1.807, 2.05) is 17.0 Å². The first kappa shape index (κ1) is 17.7. The monoisotopic (exact) mass is 372 g/mol. The Balaban J connectivity index is 1.39. The Labute approximate surface area is 158 Å². The number of thiophene rings is 1. The minimum atomic E-state index is -0.145. The van der Waals surface area contributed by atoms with Crippen LogP contribution in [0.3, 0.4) is 0 Å². The number of carbonyl (C=O) groups excluding carboxylic acids is 1. The van der Waals surface area contributed by atoms with E-state index in [9.17, 15) is 9.18 Å². The number of aryl methyl sites for hydroxylation is 2. The molecule has 3 nitrogen and oxygen atoms in total. The van der Waals surface area contributed by atoms with E-state index < -0.39 is 0 Å². The highest BCUT2D eigenvalue weighted by atomic mass is 32.1. The molecule has 4 rings (SSSR count). The van der Waals surface area contributed by atoms with Gasteiger partial charge >= 0.3 is 0 Å². The molecule has 1 saturated heterocycles. The zero-order valence-corrected chi connectivity index (χ0v) is 15.9. The number of hydrogen-bond donors (Lipinski definition) is 0. The third-order valence-corrected chi connectivity index (χ3v) is 6.66. The summed E-state index contributed by atoms with van der Waals surface area (Å²) in [6.07, 6.45) is 5.67. The van der Waals surface area contributed by atoms with Crippen LogP contribution in [0.1, 0.15) is 44.9 Å². The smallest absolute Gasteiger partial charge is 0.263 e. The maximum Gasteiger partial charge on any atom is 0.263 e. The molecule has 1 aliphatic heterocycles. The van der Waals surface area contributed by atoms with E-state index in [1.165, 1.54) is 29.3 Å². The molecule has 0 saturated carbocycles. The molecule has 0 bridgehead atoms. The first-order valence-electron chi connectivity index (χ1n) is 9.57. The lowest BCUT2D eigenvalue weighted by atomic mass is 9.99. The maximum atomic E-state index is 13.9. The van der Waals surface area contributed by atoms with E-state index in [1.54, 1.807) is 17.4 Å². The summed E-state index contributed by atoms with van der Waals surface area (Å²) in [6, 6.07) is 9.09. The van der Waals surface area contributed by atoms with Crippen molar-refractivity contribution >= 4 is 17.2 Å². The molecule has 0 radical (unpaired) electrons. The number of hydrogen-bond acceptors (Lipinski definition) is 3. The Hall–Kier alpha value is -1.72. The van der Waals surface area contributed by atoms with Crippen molar-refractivity contribution in [2.45, 2.75) is 38.6 Å². The molecule has 2 aromatic rings. The van der Waals surface area contributed by atoms with Crippen LogP contribution in [0.15, 0.2) is 30.3 Å². The fraction of sp³-hybridized carbons (Fsp3) is 0.476. The van der Waals surface area contributed by atoms with Gasteiger partial charge in [0.1, 0.15) is 5.82 Å². The van der Waals surface area contributed by atoms with Gasteiger partial charge in [0.15, 0.2) is 0 Å². The maximum absolute atomic E-state index is 13.9. The predicted octanol–water partition coefficient (Wildman–Crippen LogP) is 4.11. The third kappa shape index (κ3) is 3.84. The van der Waals surface area contributed by atoms with Gasteiger partial charge < -0.3 is 4.90 Å². The average Bonchev–Trinajstić information content (AvgIpc) is 2.96. The van der Waals surface area contributed by atoms with Gasteiger partial charge in [0.25, 0.3) is 5.91 Å². The quantitative estimate of drug-likeness (QED) is 0.809. The standard InChI is InChI=1S/C21H25FN2OS/c22-18-8-3-1-7-17(18)15-23-10-5-11-24(13-12-23)21(25)20-14-16-6-2-4-9-19(16)26-20/h1,3,7-8,14H,2,4-6,9-13,15H2. The number of halogens is 1. The molecule has 1 aliphatic carbocycles. The lowest BCUT2D eigenvalue weighted by Gasteiger charge is -2.22. The van der Waals surface area contributed by atoms with E-state index in [4.69, 9.17) is 0 Å².